The van der Waals surface area contributed by atoms with Crippen LogP contribution in [0.2, 0.25) is 0 Å². The molecule has 0 unspecified atom stereocenters. The largest absolute Gasteiger partial charge is 0.381 e. The van der Waals surface area contributed by atoms with E-state index < -0.39 is 48.9 Å². The van der Waals surface area contributed by atoms with Crippen LogP contribution in [-0.4, -0.2) is 86.6 Å². The van der Waals surface area contributed by atoms with Crippen LogP contribution in [0.4, 0.5) is 19.0 Å². The van der Waals surface area contributed by atoms with E-state index in [9.17, 15) is 8.78 Å². The highest BCUT2D eigenvalue weighted by Crippen LogP contribution is 2.37. The Morgan fingerprint density at radius 2 is 1.52 bits per heavy atom. The van der Waals surface area contributed by atoms with E-state index in [-0.39, 0.29) is 24.5 Å². The second kappa shape index (κ2) is 12.0. The minimum absolute atomic E-state index is 0.0385. The van der Waals surface area contributed by atoms with E-state index in [1.54, 1.807) is 23.0 Å². The number of benzene rings is 1. The molecule has 0 aliphatic carbocycles. The summed E-state index contributed by atoms with van der Waals surface area (Å²) in [4.78, 5) is 7.95. The minimum atomic E-state index is -1.13. The van der Waals surface area contributed by atoms with Crippen LogP contribution in [0, 0.1) is 17.5 Å². The van der Waals surface area contributed by atoms with Crippen LogP contribution in [0.25, 0.3) is 33.5 Å². The summed E-state index contributed by atoms with van der Waals surface area (Å²) in [6, 6.07) is 2.89. The van der Waals surface area contributed by atoms with Crippen molar-refractivity contribution in [1.82, 2.24) is 24.3 Å². The van der Waals surface area contributed by atoms with Crippen LogP contribution in [-0.2, 0) is 22.9 Å². The lowest BCUT2D eigenvalue weighted by Gasteiger charge is -2.24. The Labute approximate surface area is 235 Å². The summed E-state index contributed by atoms with van der Waals surface area (Å²) in [5.41, 5.74) is 5.12. The highest BCUT2D eigenvalue weighted by molar-refractivity contribution is 8.32. The maximum Gasteiger partial charge on any atom is 0.176 e. The third kappa shape index (κ3) is 6.93. The molecule has 0 aliphatic heterocycles. The fourth-order valence-corrected chi connectivity index (χ4v) is 5.21. The summed E-state index contributed by atoms with van der Waals surface area (Å²) >= 11 is 0. The molecule has 0 saturated carbocycles. The molecule has 0 saturated heterocycles. The lowest BCUT2D eigenvalue weighted by Crippen LogP contribution is -2.12. The monoisotopic (exact) mass is 598 g/mol. The average Bonchev–Trinajstić information content (AvgIpc) is 3.47. The summed E-state index contributed by atoms with van der Waals surface area (Å²) < 4.78 is 60.6. The first kappa shape index (κ1) is 30.2. The fourth-order valence-electron chi connectivity index (χ4n) is 3.97. The van der Waals surface area contributed by atoms with Crippen molar-refractivity contribution in [3.63, 3.8) is 0 Å². The van der Waals surface area contributed by atoms with Gasteiger partial charge in [0.1, 0.15) is 24.7 Å². The molecule has 2 N–H and O–H groups in total. The quantitative estimate of drug-likeness (QED) is 0.223. The summed E-state index contributed by atoms with van der Waals surface area (Å²) in [6.45, 7) is 1.25. The predicted molar refractivity (Wildman–Crippen MR) is 161 cm³/mol. The van der Waals surface area contributed by atoms with Crippen molar-refractivity contribution >= 4 is 36.8 Å². The summed E-state index contributed by atoms with van der Waals surface area (Å²) in [5, 5.41) is 5.07. The molecule has 13 heteroatoms. The van der Waals surface area contributed by atoms with Gasteiger partial charge in [-0.3, -0.25) is 0 Å². The average molecular weight is 599 g/mol. The Morgan fingerprint density at radius 1 is 0.875 bits per heavy atom. The zero-order valence-electron chi connectivity index (χ0n) is 23.7. The van der Waals surface area contributed by atoms with Gasteiger partial charge in [-0.15, -0.1) is 0 Å². The van der Waals surface area contributed by atoms with Crippen LogP contribution in [0.5, 0.6) is 0 Å². The lowest BCUT2D eigenvalue weighted by molar-refractivity contribution is 0.0836. The fraction of sp³-hybridized carbons (Fsp3) is 0.444. The Hall–Kier alpha value is -2.74. The molecule has 40 heavy (non-hydrogen) atoms. The van der Waals surface area contributed by atoms with Crippen LogP contribution in [0.15, 0.2) is 30.7 Å². The number of aromatic nitrogens is 5. The van der Waals surface area contributed by atoms with Gasteiger partial charge in [-0.25, -0.2) is 47.9 Å². The van der Waals surface area contributed by atoms with Gasteiger partial charge < -0.3 is 19.8 Å². The Kier molecular flexibility index (Phi) is 9.08. The molecule has 0 aliphatic rings. The standard InChI is InChI=1S/C27H37F3N6O2S2/c1-39(2,3)13-11-37-16-35-10-9-32-27(35)24-19-8-7-18(21-20(28)15-33-26(31)23(21)30)22(29)25(19)36(34-24)17-38-12-14-40(4,5)6/h7-10,15H,11-14,16-17H2,1-6H3,(H2,31,33). The molecule has 3 heterocycles. The van der Waals surface area contributed by atoms with Gasteiger partial charge in [-0.2, -0.15) is 5.10 Å². The number of rotatable bonds is 12. The number of ether oxygens (including phenoxy) is 2. The first-order valence-corrected chi connectivity index (χ1v) is 18.6. The molecule has 8 nitrogen and oxygen atoms in total. The maximum atomic E-state index is 16.2. The van der Waals surface area contributed by atoms with Gasteiger partial charge in [0, 0.05) is 34.8 Å². The van der Waals surface area contributed by atoms with Crippen molar-refractivity contribution < 1.29 is 22.6 Å². The van der Waals surface area contributed by atoms with E-state index in [1.165, 1.54) is 10.7 Å². The van der Waals surface area contributed by atoms with Gasteiger partial charge in [0.2, 0.25) is 0 Å². The van der Waals surface area contributed by atoms with E-state index in [1.807, 2.05) is 0 Å². The van der Waals surface area contributed by atoms with Crippen LogP contribution >= 0.6 is 20.1 Å². The number of halogens is 3. The van der Waals surface area contributed by atoms with Crippen LogP contribution < -0.4 is 5.73 Å². The minimum Gasteiger partial charge on any atom is -0.381 e. The Balaban J connectivity index is 1.76. The highest BCUT2D eigenvalue weighted by Gasteiger charge is 2.25. The van der Waals surface area contributed by atoms with Crippen molar-refractivity contribution in [2.45, 2.75) is 13.5 Å². The van der Waals surface area contributed by atoms with E-state index in [4.69, 9.17) is 15.2 Å². The molecule has 4 aromatic rings. The number of anilines is 1. The molecule has 0 spiro atoms. The van der Waals surface area contributed by atoms with E-state index >= 15 is 4.39 Å². The highest BCUT2D eigenvalue weighted by atomic mass is 32.3. The van der Waals surface area contributed by atoms with Crippen molar-refractivity contribution in [2.24, 2.45) is 0 Å². The number of hydrogen-bond acceptors (Lipinski definition) is 6. The SMILES string of the molecule is CS(C)(C)CCOCn1ccnc1-c1nn(COCCS(C)(C)C)c2c(F)c(-c3c(F)cnc(N)c3F)ccc12. The van der Waals surface area contributed by atoms with Crippen molar-refractivity contribution in [3.8, 4) is 22.6 Å². The third-order valence-electron chi connectivity index (χ3n) is 6.17. The molecule has 4 rings (SSSR count). The van der Waals surface area contributed by atoms with Gasteiger partial charge in [0.05, 0.1) is 25.0 Å². The smallest absolute Gasteiger partial charge is 0.176 e. The van der Waals surface area contributed by atoms with E-state index in [2.05, 4.69) is 52.6 Å². The number of pyridine rings is 1. The van der Waals surface area contributed by atoms with Gasteiger partial charge in [-0.1, -0.05) is 6.07 Å². The molecule has 0 amide bonds. The molecular weight excluding hydrogens is 561 g/mol. The van der Waals surface area contributed by atoms with Crippen LogP contribution in [0.1, 0.15) is 0 Å². The van der Waals surface area contributed by atoms with Crippen molar-refractivity contribution in [3.05, 3.63) is 48.2 Å². The molecule has 0 radical (unpaired) electrons. The van der Waals surface area contributed by atoms with Crippen molar-refractivity contribution in [1.29, 1.82) is 0 Å². The third-order valence-corrected chi connectivity index (χ3v) is 8.95. The molecule has 3 aromatic heterocycles. The maximum absolute atomic E-state index is 16.2. The number of nitrogens with two attached hydrogens (primary N) is 1. The first-order chi connectivity index (χ1) is 18.8. The Bertz CT molecular complexity index is 1490. The summed E-state index contributed by atoms with van der Waals surface area (Å²) in [5.74, 6) is -1.23. The topological polar surface area (TPSA) is 93.0 Å². The van der Waals surface area contributed by atoms with Gasteiger partial charge >= 0.3 is 0 Å². The summed E-state index contributed by atoms with van der Waals surface area (Å²) in [6.07, 6.45) is 17.4. The molecule has 0 fully saturated rings. The number of fused-ring (bicyclic) bond motifs is 1. The van der Waals surface area contributed by atoms with Gasteiger partial charge in [0.15, 0.2) is 29.1 Å². The van der Waals surface area contributed by atoms with Gasteiger partial charge in [0.25, 0.3) is 0 Å². The zero-order chi connectivity index (χ0) is 29.2. The molecule has 1 aromatic carbocycles. The molecule has 0 bridgehead atoms. The molecule has 220 valence electrons. The second-order valence-corrected chi connectivity index (χ2v) is 20.4. The number of hydrogen-bond donors (Lipinski definition) is 1. The lowest BCUT2D eigenvalue weighted by atomic mass is 10.0. The van der Waals surface area contributed by atoms with Gasteiger partial charge in [-0.05, 0) is 43.6 Å². The van der Waals surface area contributed by atoms with E-state index in [0.29, 0.717) is 30.1 Å². The number of imidazole rings is 1. The number of nitrogen functional groups attached to an aromatic ring is 1. The van der Waals surface area contributed by atoms with Crippen LogP contribution in [0.3, 0.4) is 0 Å². The van der Waals surface area contributed by atoms with E-state index in [0.717, 1.165) is 17.7 Å². The van der Waals surface area contributed by atoms with Crippen molar-refractivity contribution in [2.75, 3.05) is 68.0 Å². The number of nitrogens with zero attached hydrogens (tertiary/aromatic N) is 5. The molecule has 0 atom stereocenters. The second-order valence-electron chi connectivity index (χ2n) is 11.2. The predicted octanol–water partition coefficient (Wildman–Crippen LogP) is 5.30. The Morgan fingerprint density at radius 3 is 2.17 bits per heavy atom. The normalized spacial score (nSPS) is 13.3. The zero-order valence-corrected chi connectivity index (χ0v) is 25.3. The summed E-state index contributed by atoms with van der Waals surface area (Å²) in [7, 11) is -1.50. The first-order valence-electron chi connectivity index (χ1n) is 12.5. The molecular formula is C27H37F3N6O2S2.